The van der Waals surface area contributed by atoms with Crippen molar-refractivity contribution in [1.82, 2.24) is 10.6 Å². The zero-order valence-corrected chi connectivity index (χ0v) is 14.4. The molecule has 0 bridgehead atoms. The molecule has 0 aliphatic rings. The summed E-state index contributed by atoms with van der Waals surface area (Å²) in [5, 5.41) is 5.68. The Bertz CT molecular complexity index is 283. The number of rotatable bonds is 15. The number of nitrogens with one attached hydrogen (secondary N) is 2. The molecule has 0 spiro atoms. The normalized spacial score (nSPS) is 10.5. The number of hydrogen-bond donors (Lipinski definition) is 2. The first-order chi connectivity index (χ1) is 10.7. The van der Waals surface area contributed by atoms with Crippen molar-refractivity contribution in [2.24, 2.45) is 0 Å². The van der Waals surface area contributed by atoms with Gasteiger partial charge in [-0.05, 0) is 19.8 Å². The van der Waals surface area contributed by atoms with Gasteiger partial charge >= 0.3 is 0 Å². The number of carbonyl (C=O) groups is 2. The van der Waals surface area contributed by atoms with Crippen LogP contribution in [0.4, 0.5) is 0 Å². The van der Waals surface area contributed by atoms with E-state index in [-0.39, 0.29) is 18.4 Å². The Morgan fingerprint density at radius 1 is 0.773 bits per heavy atom. The van der Waals surface area contributed by atoms with E-state index in [1.807, 2.05) is 6.92 Å². The Morgan fingerprint density at radius 2 is 1.23 bits per heavy atom. The van der Waals surface area contributed by atoms with E-state index >= 15 is 0 Å². The molecule has 2 N–H and O–H groups in total. The van der Waals surface area contributed by atoms with Crippen molar-refractivity contribution < 1.29 is 14.3 Å². The highest BCUT2D eigenvalue weighted by molar-refractivity contribution is 5.77. The summed E-state index contributed by atoms with van der Waals surface area (Å²) in [6.07, 6.45) is 10.9. The minimum atomic E-state index is -0.0129. The maximum Gasteiger partial charge on any atom is 0.245 e. The summed E-state index contributed by atoms with van der Waals surface area (Å²) in [6, 6.07) is 0. The van der Waals surface area contributed by atoms with Gasteiger partial charge in [0.2, 0.25) is 11.8 Å². The van der Waals surface area contributed by atoms with E-state index in [1.54, 1.807) is 6.92 Å². The zero-order chi connectivity index (χ0) is 16.5. The van der Waals surface area contributed by atoms with Gasteiger partial charge in [0.05, 0.1) is 0 Å². The van der Waals surface area contributed by atoms with Crippen molar-refractivity contribution in [3.05, 3.63) is 0 Å². The SMILES string of the molecule is CCOCC(=O)NCCCCCCCCCCCNC(C)=O. The lowest BCUT2D eigenvalue weighted by atomic mass is 10.1. The molecule has 0 heterocycles. The third-order valence-electron chi connectivity index (χ3n) is 3.49. The number of amides is 2. The van der Waals surface area contributed by atoms with Crippen LogP contribution in [-0.2, 0) is 14.3 Å². The number of ether oxygens (including phenoxy) is 1. The second-order valence-corrected chi connectivity index (χ2v) is 5.65. The van der Waals surface area contributed by atoms with Crippen molar-refractivity contribution in [2.45, 2.75) is 71.6 Å². The molecule has 0 rings (SSSR count). The molecule has 5 nitrogen and oxygen atoms in total. The van der Waals surface area contributed by atoms with Crippen molar-refractivity contribution >= 4 is 11.8 Å². The minimum absolute atomic E-state index is 0.0129. The monoisotopic (exact) mass is 314 g/mol. The van der Waals surface area contributed by atoms with Gasteiger partial charge in [-0.2, -0.15) is 0 Å². The molecule has 0 radical (unpaired) electrons. The molecular formula is C17H34N2O3. The highest BCUT2D eigenvalue weighted by Crippen LogP contribution is 2.09. The van der Waals surface area contributed by atoms with Crippen molar-refractivity contribution in [3.63, 3.8) is 0 Å². The van der Waals surface area contributed by atoms with Crippen molar-refractivity contribution in [2.75, 3.05) is 26.3 Å². The van der Waals surface area contributed by atoms with Crippen LogP contribution in [-0.4, -0.2) is 38.1 Å². The number of unbranched alkanes of at least 4 members (excludes halogenated alkanes) is 8. The van der Waals surface area contributed by atoms with Crippen LogP contribution >= 0.6 is 0 Å². The van der Waals surface area contributed by atoms with Gasteiger partial charge < -0.3 is 15.4 Å². The molecule has 0 saturated carbocycles. The molecule has 0 aromatic heterocycles. The lowest BCUT2D eigenvalue weighted by molar-refractivity contribution is -0.125. The van der Waals surface area contributed by atoms with Gasteiger partial charge in [0.15, 0.2) is 0 Å². The topological polar surface area (TPSA) is 67.4 Å². The van der Waals surface area contributed by atoms with Gasteiger partial charge in [0, 0.05) is 26.6 Å². The van der Waals surface area contributed by atoms with Crippen LogP contribution in [0, 0.1) is 0 Å². The molecule has 0 aromatic rings. The van der Waals surface area contributed by atoms with Gasteiger partial charge in [-0.1, -0.05) is 44.9 Å². The average Bonchev–Trinajstić information content (AvgIpc) is 2.49. The third kappa shape index (κ3) is 17.0. The summed E-state index contributed by atoms with van der Waals surface area (Å²) in [5.41, 5.74) is 0. The quantitative estimate of drug-likeness (QED) is 0.457. The van der Waals surface area contributed by atoms with Crippen LogP contribution in [0.15, 0.2) is 0 Å². The van der Waals surface area contributed by atoms with Crippen LogP contribution < -0.4 is 10.6 Å². The fourth-order valence-corrected chi connectivity index (χ4v) is 2.23. The van der Waals surface area contributed by atoms with Gasteiger partial charge in [0.1, 0.15) is 6.61 Å². The Labute approximate surface area is 135 Å². The van der Waals surface area contributed by atoms with Crippen molar-refractivity contribution in [1.29, 1.82) is 0 Å². The van der Waals surface area contributed by atoms with E-state index in [0.29, 0.717) is 6.61 Å². The largest absolute Gasteiger partial charge is 0.372 e. The van der Waals surface area contributed by atoms with Crippen molar-refractivity contribution in [3.8, 4) is 0 Å². The molecule has 5 heteroatoms. The Hall–Kier alpha value is -1.10. The van der Waals surface area contributed by atoms with E-state index < -0.39 is 0 Å². The van der Waals surface area contributed by atoms with E-state index in [4.69, 9.17) is 4.74 Å². The first kappa shape index (κ1) is 20.9. The molecule has 0 atom stereocenters. The zero-order valence-electron chi connectivity index (χ0n) is 14.4. The molecular weight excluding hydrogens is 280 g/mol. The third-order valence-corrected chi connectivity index (χ3v) is 3.49. The molecule has 2 amide bonds. The Kier molecular flexibility index (Phi) is 15.5. The average molecular weight is 314 g/mol. The van der Waals surface area contributed by atoms with Gasteiger partial charge in [-0.25, -0.2) is 0 Å². The molecule has 0 aliphatic carbocycles. The summed E-state index contributed by atoms with van der Waals surface area (Å²) in [6.45, 7) is 5.78. The highest BCUT2D eigenvalue weighted by Gasteiger charge is 1.99. The Morgan fingerprint density at radius 3 is 1.68 bits per heavy atom. The lowest BCUT2D eigenvalue weighted by Crippen LogP contribution is -2.28. The summed E-state index contributed by atoms with van der Waals surface area (Å²) < 4.78 is 5.03. The van der Waals surface area contributed by atoms with E-state index in [0.717, 1.165) is 25.9 Å². The fraction of sp³-hybridized carbons (Fsp3) is 0.882. The molecule has 0 fully saturated rings. The van der Waals surface area contributed by atoms with E-state index in [2.05, 4.69) is 10.6 Å². The molecule has 130 valence electrons. The first-order valence-corrected chi connectivity index (χ1v) is 8.75. The van der Waals surface area contributed by atoms with Gasteiger partial charge in [-0.3, -0.25) is 9.59 Å². The lowest BCUT2D eigenvalue weighted by Gasteiger charge is -2.05. The maximum absolute atomic E-state index is 11.3. The summed E-state index contributed by atoms with van der Waals surface area (Å²) in [4.78, 5) is 21.9. The van der Waals surface area contributed by atoms with E-state index in [1.165, 1.54) is 44.9 Å². The molecule has 0 unspecified atom stereocenters. The minimum Gasteiger partial charge on any atom is -0.372 e. The standard InChI is InChI=1S/C17H34N2O3/c1-3-22-15-17(21)19-14-12-10-8-6-4-5-7-9-11-13-18-16(2)20/h3-15H2,1-2H3,(H,18,20)(H,19,21). The Balaban J connectivity index is 3.08. The fourth-order valence-electron chi connectivity index (χ4n) is 2.23. The molecule has 0 saturated heterocycles. The van der Waals surface area contributed by atoms with Crippen LogP contribution in [0.5, 0.6) is 0 Å². The predicted octanol–water partition coefficient (Wildman–Crippen LogP) is 2.79. The van der Waals surface area contributed by atoms with Crippen LogP contribution in [0.25, 0.3) is 0 Å². The molecule has 0 aromatic carbocycles. The van der Waals surface area contributed by atoms with Crippen LogP contribution in [0.3, 0.4) is 0 Å². The van der Waals surface area contributed by atoms with Gasteiger partial charge in [0.25, 0.3) is 0 Å². The summed E-state index contributed by atoms with van der Waals surface area (Å²) in [5.74, 6) is 0.0511. The first-order valence-electron chi connectivity index (χ1n) is 8.75. The molecule has 0 aliphatic heterocycles. The second-order valence-electron chi connectivity index (χ2n) is 5.65. The number of carbonyl (C=O) groups excluding carboxylic acids is 2. The molecule has 22 heavy (non-hydrogen) atoms. The second kappa shape index (κ2) is 16.3. The maximum atomic E-state index is 11.3. The summed E-state index contributed by atoms with van der Waals surface area (Å²) in [7, 11) is 0. The highest BCUT2D eigenvalue weighted by atomic mass is 16.5. The smallest absolute Gasteiger partial charge is 0.245 e. The van der Waals surface area contributed by atoms with Crippen LogP contribution in [0.1, 0.15) is 71.6 Å². The summed E-state index contributed by atoms with van der Waals surface area (Å²) >= 11 is 0. The van der Waals surface area contributed by atoms with E-state index in [9.17, 15) is 9.59 Å². The number of hydrogen-bond acceptors (Lipinski definition) is 3. The van der Waals surface area contributed by atoms with Gasteiger partial charge in [-0.15, -0.1) is 0 Å². The predicted molar refractivity (Wildman–Crippen MR) is 89.7 cm³/mol. The van der Waals surface area contributed by atoms with Crippen LogP contribution in [0.2, 0.25) is 0 Å².